The summed E-state index contributed by atoms with van der Waals surface area (Å²) in [6.45, 7) is 0. The maximum Gasteiger partial charge on any atom is 0.0633 e. The van der Waals surface area contributed by atoms with Gasteiger partial charge in [0.25, 0.3) is 0 Å². The lowest BCUT2D eigenvalue weighted by molar-refractivity contribution is 1.12. The molecule has 1 heterocycles. The van der Waals surface area contributed by atoms with Crippen LogP contribution in [0.15, 0.2) is 36.5 Å². The van der Waals surface area contributed by atoms with Crippen LogP contribution in [0.5, 0.6) is 0 Å². The van der Waals surface area contributed by atoms with Crippen LogP contribution in [0.1, 0.15) is 0 Å². The summed E-state index contributed by atoms with van der Waals surface area (Å²) in [6, 6.07) is 10.6. The molecule has 0 radical (unpaired) electrons. The first-order valence-electron chi connectivity index (χ1n) is 3.98. The number of hydrogen-bond donors (Lipinski definition) is 2. The minimum atomic E-state index is 1.16. The van der Waals surface area contributed by atoms with Crippen LogP contribution in [0.25, 0.3) is 21.7 Å². The molecule has 0 unspecified atom stereocenters. The number of aromatic nitrogens is 2. The van der Waals surface area contributed by atoms with Crippen LogP contribution in [0.2, 0.25) is 0 Å². The van der Waals surface area contributed by atoms with E-state index < -0.39 is 0 Å². The van der Waals surface area contributed by atoms with Crippen molar-refractivity contribution in [3.63, 3.8) is 0 Å². The third kappa shape index (κ3) is 0.593. The van der Waals surface area contributed by atoms with Crippen LogP contribution in [0, 0.1) is 0 Å². The average molecular weight is 156 g/mol. The Morgan fingerprint density at radius 1 is 0.917 bits per heavy atom. The molecule has 0 atom stereocenters. The third-order valence-electron chi connectivity index (χ3n) is 2.28. The Kier molecular flexibility index (Phi) is 0.939. The molecular weight excluding hydrogens is 148 g/mol. The van der Waals surface area contributed by atoms with Crippen LogP contribution >= 0.6 is 0 Å². The van der Waals surface area contributed by atoms with E-state index >= 15 is 0 Å². The molecule has 0 spiro atoms. The zero-order valence-electron chi connectivity index (χ0n) is 6.46. The Balaban J connectivity index is 2.71. The molecule has 12 heavy (non-hydrogen) atoms. The number of fused-ring (bicyclic) bond motifs is 3. The molecule has 3 aromatic rings. The monoisotopic (exact) mass is 156 g/mol. The van der Waals surface area contributed by atoms with E-state index in [1.165, 1.54) is 16.2 Å². The van der Waals surface area contributed by atoms with Gasteiger partial charge in [-0.2, -0.15) is 0 Å². The summed E-state index contributed by atoms with van der Waals surface area (Å²) < 4.78 is 0. The predicted octanol–water partition coefficient (Wildman–Crippen LogP) is 2.65. The second-order valence-corrected chi connectivity index (χ2v) is 2.97. The van der Waals surface area contributed by atoms with Gasteiger partial charge in [0.05, 0.1) is 5.52 Å². The van der Waals surface area contributed by atoms with Crippen molar-refractivity contribution >= 4 is 21.7 Å². The second-order valence-electron chi connectivity index (χ2n) is 2.97. The predicted molar refractivity (Wildman–Crippen MR) is 50.2 cm³/mol. The summed E-state index contributed by atoms with van der Waals surface area (Å²) in [5.41, 5.74) is 1.16. The maximum absolute atomic E-state index is 3.08. The molecule has 58 valence electrons. The fourth-order valence-electron chi connectivity index (χ4n) is 1.68. The standard InChI is InChI=1S/C10H8N2/c1-2-7-4-5-10-9(6-11-12-10)8(7)3-1/h1-6,11-12H. The molecule has 0 saturated heterocycles. The molecule has 2 nitrogen and oxygen atoms in total. The Morgan fingerprint density at radius 3 is 2.92 bits per heavy atom. The highest BCUT2D eigenvalue weighted by Gasteiger charge is 1.99. The van der Waals surface area contributed by atoms with E-state index in [-0.39, 0.29) is 0 Å². The fourth-order valence-corrected chi connectivity index (χ4v) is 1.68. The van der Waals surface area contributed by atoms with Crippen molar-refractivity contribution in [2.45, 2.75) is 0 Å². The van der Waals surface area contributed by atoms with E-state index in [4.69, 9.17) is 0 Å². The summed E-state index contributed by atoms with van der Waals surface area (Å²) in [4.78, 5) is 0. The number of hydrogen-bond acceptors (Lipinski definition) is 0. The highest BCUT2D eigenvalue weighted by molar-refractivity contribution is 6.06. The first-order chi connectivity index (χ1) is 5.95. The molecular formula is C10H8N2. The van der Waals surface area contributed by atoms with Gasteiger partial charge in [-0.3, -0.25) is 0 Å². The van der Waals surface area contributed by atoms with Crippen LogP contribution in [-0.4, -0.2) is 10.2 Å². The molecule has 2 N–H and O–H groups in total. The number of H-pyrrole nitrogens is 2. The molecule has 0 saturated carbocycles. The summed E-state index contributed by atoms with van der Waals surface area (Å²) >= 11 is 0. The van der Waals surface area contributed by atoms with Gasteiger partial charge in [0.1, 0.15) is 0 Å². The highest BCUT2D eigenvalue weighted by atomic mass is 15.1. The Morgan fingerprint density at radius 2 is 1.92 bits per heavy atom. The molecule has 0 amide bonds. The largest absolute Gasteiger partial charge is 0.307 e. The molecule has 0 fully saturated rings. The van der Waals surface area contributed by atoms with Gasteiger partial charge < -0.3 is 10.2 Å². The smallest absolute Gasteiger partial charge is 0.0633 e. The first-order valence-corrected chi connectivity index (χ1v) is 3.98. The molecule has 2 heteroatoms. The zero-order chi connectivity index (χ0) is 7.97. The average Bonchev–Trinajstić information content (AvgIpc) is 2.71. The number of nitrogens with one attached hydrogen (secondary N) is 2. The van der Waals surface area contributed by atoms with Gasteiger partial charge in [-0.25, -0.2) is 0 Å². The van der Waals surface area contributed by atoms with Crippen molar-refractivity contribution < 1.29 is 0 Å². The molecule has 1 aromatic heterocycles. The van der Waals surface area contributed by atoms with E-state index in [1.54, 1.807) is 0 Å². The summed E-state index contributed by atoms with van der Waals surface area (Å²) in [5.74, 6) is 0. The number of rotatable bonds is 0. The minimum Gasteiger partial charge on any atom is -0.307 e. The topological polar surface area (TPSA) is 31.6 Å². The van der Waals surface area contributed by atoms with Gasteiger partial charge in [0, 0.05) is 11.6 Å². The van der Waals surface area contributed by atoms with Crippen molar-refractivity contribution in [1.82, 2.24) is 10.2 Å². The highest BCUT2D eigenvalue weighted by Crippen LogP contribution is 2.23. The van der Waals surface area contributed by atoms with Gasteiger partial charge in [0.2, 0.25) is 0 Å². The summed E-state index contributed by atoms with van der Waals surface area (Å²) in [6.07, 6.45) is 2.00. The van der Waals surface area contributed by atoms with Crippen molar-refractivity contribution in [3.8, 4) is 0 Å². The van der Waals surface area contributed by atoms with Crippen LogP contribution < -0.4 is 0 Å². The minimum absolute atomic E-state index is 1.16. The Labute approximate surface area is 69.2 Å². The van der Waals surface area contributed by atoms with Crippen molar-refractivity contribution in [2.24, 2.45) is 0 Å². The number of aromatic amines is 2. The third-order valence-corrected chi connectivity index (χ3v) is 2.28. The van der Waals surface area contributed by atoms with Crippen molar-refractivity contribution in [1.29, 1.82) is 0 Å². The summed E-state index contributed by atoms with van der Waals surface area (Å²) in [5, 5.41) is 9.94. The van der Waals surface area contributed by atoms with Gasteiger partial charge in [0.15, 0.2) is 0 Å². The fraction of sp³-hybridized carbons (Fsp3) is 0. The summed E-state index contributed by atoms with van der Waals surface area (Å²) in [7, 11) is 0. The quantitative estimate of drug-likeness (QED) is 0.501. The van der Waals surface area contributed by atoms with Gasteiger partial charge in [-0.15, -0.1) is 0 Å². The Hall–Kier alpha value is -1.70. The lowest BCUT2D eigenvalue weighted by Crippen LogP contribution is -1.67. The van der Waals surface area contributed by atoms with Crippen LogP contribution in [0.4, 0.5) is 0 Å². The second kappa shape index (κ2) is 1.91. The van der Waals surface area contributed by atoms with E-state index in [1.807, 2.05) is 6.20 Å². The zero-order valence-corrected chi connectivity index (χ0v) is 6.46. The molecule has 2 aromatic carbocycles. The normalized spacial score (nSPS) is 11.3. The van der Waals surface area contributed by atoms with E-state index in [2.05, 4.69) is 40.5 Å². The van der Waals surface area contributed by atoms with Gasteiger partial charge in [-0.1, -0.05) is 24.3 Å². The molecule has 3 rings (SSSR count). The van der Waals surface area contributed by atoms with E-state index in [9.17, 15) is 0 Å². The van der Waals surface area contributed by atoms with Crippen molar-refractivity contribution in [2.75, 3.05) is 0 Å². The molecule has 0 bridgehead atoms. The SMILES string of the molecule is c1cc2ccc3[nH][nH]cc3c2c1. The van der Waals surface area contributed by atoms with Gasteiger partial charge in [-0.05, 0) is 16.8 Å². The van der Waals surface area contributed by atoms with E-state index in [0.717, 1.165) is 5.52 Å². The first kappa shape index (κ1) is 5.89. The van der Waals surface area contributed by atoms with Gasteiger partial charge >= 0.3 is 0 Å². The Bertz CT molecular complexity index is 481. The van der Waals surface area contributed by atoms with Crippen LogP contribution in [0.3, 0.4) is 0 Å². The van der Waals surface area contributed by atoms with Crippen molar-refractivity contribution in [3.05, 3.63) is 36.5 Å². The molecule has 0 aliphatic rings. The maximum atomic E-state index is 3.08. The lowest BCUT2D eigenvalue weighted by atomic mass is 10.1. The number of benzene rings is 1. The van der Waals surface area contributed by atoms with Crippen LogP contribution in [-0.2, 0) is 0 Å². The van der Waals surface area contributed by atoms with E-state index in [0.29, 0.717) is 0 Å². The lowest BCUT2D eigenvalue weighted by Gasteiger charge is -1.90. The molecule has 0 aliphatic carbocycles. The molecule has 0 aliphatic heterocycles.